The maximum Gasteiger partial charge on any atom is 0.330 e. The van der Waals surface area contributed by atoms with Gasteiger partial charge < -0.3 is 14.8 Å². The molecule has 0 saturated heterocycles. The Bertz CT molecular complexity index is 203. The molecule has 0 aliphatic heterocycles. The van der Waals surface area contributed by atoms with Crippen molar-refractivity contribution in [3.63, 3.8) is 0 Å². The molecule has 1 N–H and O–H groups in total. The van der Waals surface area contributed by atoms with Crippen molar-refractivity contribution < 1.29 is 19.1 Å². The first kappa shape index (κ1) is 12.9. The second-order valence-electron chi connectivity index (χ2n) is 3.16. The Hall–Kier alpha value is -1.10. The maximum atomic E-state index is 11.1. The predicted molar refractivity (Wildman–Crippen MR) is 50.7 cm³/mol. The van der Waals surface area contributed by atoms with Crippen molar-refractivity contribution in [2.75, 3.05) is 13.7 Å². The molecule has 0 rings (SSSR count). The fourth-order valence-corrected chi connectivity index (χ4v) is 0.845. The highest BCUT2D eigenvalue weighted by Crippen LogP contribution is 1.94. The van der Waals surface area contributed by atoms with E-state index in [-0.39, 0.29) is 18.6 Å². The third-order valence-corrected chi connectivity index (χ3v) is 1.46. The molecule has 5 heteroatoms. The van der Waals surface area contributed by atoms with Gasteiger partial charge in [-0.05, 0) is 13.8 Å². The van der Waals surface area contributed by atoms with E-state index in [9.17, 15) is 9.59 Å². The third kappa shape index (κ3) is 5.53. The van der Waals surface area contributed by atoms with E-state index in [1.54, 1.807) is 0 Å². The molecular weight excluding hydrogens is 186 g/mol. The van der Waals surface area contributed by atoms with Crippen molar-refractivity contribution in [3.8, 4) is 0 Å². The Balaban J connectivity index is 4.10. The summed E-state index contributed by atoms with van der Waals surface area (Å²) in [5.41, 5.74) is 0. The SMILES string of the molecule is COC(=O)C(COC(C)C)NC(C)=O. The highest BCUT2D eigenvalue weighted by Gasteiger charge is 2.20. The summed E-state index contributed by atoms with van der Waals surface area (Å²) in [5, 5.41) is 2.45. The zero-order valence-corrected chi connectivity index (χ0v) is 8.99. The molecule has 1 amide bonds. The first-order valence-electron chi connectivity index (χ1n) is 4.44. The van der Waals surface area contributed by atoms with Gasteiger partial charge in [0.05, 0.1) is 19.8 Å². The minimum Gasteiger partial charge on any atom is -0.467 e. The van der Waals surface area contributed by atoms with E-state index >= 15 is 0 Å². The normalized spacial score (nSPS) is 12.4. The predicted octanol–water partition coefficient (Wildman–Crippen LogP) is 0.0891. The van der Waals surface area contributed by atoms with Gasteiger partial charge in [-0.1, -0.05) is 0 Å². The highest BCUT2D eigenvalue weighted by molar-refractivity contribution is 5.83. The monoisotopic (exact) mass is 203 g/mol. The highest BCUT2D eigenvalue weighted by atomic mass is 16.5. The summed E-state index contributed by atoms with van der Waals surface area (Å²) in [6.07, 6.45) is 0.0101. The zero-order chi connectivity index (χ0) is 11.1. The largest absolute Gasteiger partial charge is 0.467 e. The Morgan fingerprint density at radius 2 is 1.93 bits per heavy atom. The van der Waals surface area contributed by atoms with E-state index in [4.69, 9.17) is 4.74 Å². The van der Waals surface area contributed by atoms with Crippen molar-refractivity contribution in [2.24, 2.45) is 0 Å². The lowest BCUT2D eigenvalue weighted by atomic mass is 10.3. The van der Waals surface area contributed by atoms with Crippen LogP contribution in [0.1, 0.15) is 20.8 Å². The quantitative estimate of drug-likeness (QED) is 0.643. The van der Waals surface area contributed by atoms with Crippen molar-refractivity contribution in [3.05, 3.63) is 0 Å². The van der Waals surface area contributed by atoms with Gasteiger partial charge in [0.1, 0.15) is 0 Å². The second-order valence-corrected chi connectivity index (χ2v) is 3.16. The van der Waals surface area contributed by atoms with Gasteiger partial charge in [0.25, 0.3) is 0 Å². The van der Waals surface area contributed by atoms with Gasteiger partial charge in [-0.2, -0.15) is 0 Å². The lowest BCUT2D eigenvalue weighted by Crippen LogP contribution is -2.44. The number of carbonyl (C=O) groups is 2. The maximum absolute atomic E-state index is 11.1. The van der Waals surface area contributed by atoms with Crippen LogP contribution >= 0.6 is 0 Å². The summed E-state index contributed by atoms with van der Waals surface area (Å²) in [7, 11) is 1.27. The lowest BCUT2D eigenvalue weighted by Gasteiger charge is -2.16. The van der Waals surface area contributed by atoms with Crippen molar-refractivity contribution in [1.29, 1.82) is 0 Å². The molecule has 82 valence electrons. The molecule has 0 aliphatic carbocycles. The van der Waals surface area contributed by atoms with Crippen LogP contribution in [0.4, 0.5) is 0 Å². The molecule has 0 aromatic rings. The number of methoxy groups -OCH3 is 1. The smallest absolute Gasteiger partial charge is 0.330 e. The molecule has 0 aliphatic rings. The van der Waals surface area contributed by atoms with E-state index in [0.717, 1.165) is 0 Å². The molecule has 0 bridgehead atoms. The van der Waals surface area contributed by atoms with Crippen LogP contribution in [0.25, 0.3) is 0 Å². The molecule has 0 saturated carbocycles. The minimum atomic E-state index is -0.722. The Morgan fingerprint density at radius 1 is 1.36 bits per heavy atom. The van der Waals surface area contributed by atoms with Crippen LogP contribution in [-0.4, -0.2) is 37.7 Å². The number of amides is 1. The summed E-state index contributed by atoms with van der Waals surface area (Å²) in [6, 6.07) is -0.722. The third-order valence-electron chi connectivity index (χ3n) is 1.46. The molecule has 0 aromatic carbocycles. The molecule has 14 heavy (non-hydrogen) atoms. The molecule has 5 nitrogen and oxygen atoms in total. The van der Waals surface area contributed by atoms with Crippen molar-refractivity contribution >= 4 is 11.9 Å². The van der Waals surface area contributed by atoms with Gasteiger partial charge in [-0.25, -0.2) is 4.79 Å². The molecule has 1 atom stereocenters. The van der Waals surface area contributed by atoms with Crippen LogP contribution in [0.2, 0.25) is 0 Å². The number of carbonyl (C=O) groups excluding carboxylic acids is 2. The Kier molecular flexibility index (Phi) is 5.87. The molecule has 0 fully saturated rings. The fraction of sp³-hybridized carbons (Fsp3) is 0.778. The van der Waals surface area contributed by atoms with Gasteiger partial charge >= 0.3 is 5.97 Å². The molecular formula is C9H17NO4. The number of rotatable bonds is 5. The summed E-state index contributed by atoms with van der Waals surface area (Å²) < 4.78 is 9.72. The zero-order valence-electron chi connectivity index (χ0n) is 8.99. The topological polar surface area (TPSA) is 64.6 Å². The molecule has 1 unspecified atom stereocenters. The number of hydrogen-bond acceptors (Lipinski definition) is 4. The first-order chi connectivity index (χ1) is 6.47. The molecule has 0 heterocycles. The standard InChI is InChI=1S/C9H17NO4/c1-6(2)14-5-8(9(12)13-4)10-7(3)11/h6,8H,5H2,1-4H3,(H,10,11). The van der Waals surface area contributed by atoms with Crippen LogP contribution in [0.15, 0.2) is 0 Å². The summed E-state index contributed by atoms with van der Waals surface area (Å²) in [6.45, 7) is 5.17. The molecule has 0 spiro atoms. The van der Waals surface area contributed by atoms with Crippen LogP contribution in [-0.2, 0) is 19.1 Å². The van der Waals surface area contributed by atoms with E-state index < -0.39 is 12.0 Å². The number of nitrogens with one attached hydrogen (secondary N) is 1. The summed E-state index contributed by atoms with van der Waals surface area (Å²) in [4.78, 5) is 21.9. The first-order valence-corrected chi connectivity index (χ1v) is 4.44. The van der Waals surface area contributed by atoms with Crippen LogP contribution in [0.3, 0.4) is 0 Å². The molecule has 0 aromatic heterocycles. The van der Waals surface area contributed by atoms with Crippen molar-refractivity contribution in [1.82, 2.24) is 5.32 Å². The van der Waals surface area contributed by atoms with E-state index in [0.29, 0.717) is 0 Å². The van der Waals surface area contributed by atoms with Gasteiger partial charge in [-0.15, -0.1) is 0 Å². The second kappa shape index (κ2) is 6.37. The van der Waals surface area contributed by atoms with Gasteiger partial charge in [0.15, 0.2) is 6.04 Å². The average Bonchev–Trinajstić information content (AvgIpc) is 2.10. The Morgan fingerprint density at radius 3 is 2.29 bits per heavy atom. The number of esters is 1. The minimum absolute atomic E-state index is 0.0101. The van der Waals surface area contributed by atoms with E-state index in [1.807, 2.05) is 13.8 Å². The fourth-order valence-electron chi connectivity index (χ4n) is 0.845. The summed E-state index contributed by atoms with van der Waals surface area (Å²) in [5.74, 6) is -0.784. The van der Waals surface area contributed by atoms with E-state index in [2.05, 4.69) is 10.1 Å². The average molecular weight is 203 g/mol. The van der Waals surface area contributed by atoms with E-state index in [1.165, 1.54) is 14.0 Å². The van der Waals surface area contributed by atoms with Crippen LogP contribution in [0, 0.1) is 0 Å². The molecule has 0 radical (unpaired) electrons. The van der Waals surface area contributed by atoms with Crippen molar-refractivity contribution in [2.45, 2.75) is 32.9 Å². The summed E-state index contributed by atoms with van der Waals surface area (Å²) >= 11 is 0. The number of ether oxygens (including phenoxy) is 2. The van der Waals surface area contributed by atoms with Crippen LogP contribution < -0.4 is 5.32 Å². The Labute approximate surface area is 83.8 Å². The van der Waals surface area contributed by atoms with Gasteiger partial charge in [0, 0.05) is 6.92 Å². The lowest BCUT2D eigenvalue weighted by molar-refractivity contribution is -0.147. The van der Waals surface area contributed by atoms with Crippen LogP contribution in [0.5, 0.6) is 0 Å². The van der Waals surface area contributed by atoms with Gasteiger partial charge in [0.2, 0.25) is 5.91 Å². The number of hydrogen-bond donors (Lipinski definition) is 1. The van der Waals surface area contributed by atoms with Gasteiger partial charge in [-0.3, -0.25) is 4.79 Å².